The average Bonchev–Trinajstić information content (AvgIpc) is 3.41. The molecule has 1 aliphatic rings. The van der Waals surface area contributed by atoms with Gasteiger partial charge in [0.1, 0.15) is 0 Å². The maximum atomic E-state index is 12.2. The summed E-state index contributed by atoms with van der Waals surface area (Å²) in [7, 11) is 0. The van der Waals surface area contributed by atoms with Crippen molar-refractivity contribution in [3.05, 3.63) is 71.8 Å². The maximum absolute atomic E-state index is 12.2. The Labute approximate surface area is 151 Å². The van der Waals surface area contributed by atoms with Gasteiger partial charge in [-0.3, -0.25) is 9.69 Å². The average molecular weight is 336 g/mol. The topological polar surface area (TPSA) is 32.3 Å². The molecular weight excluding hydrogens is 308 g/mol. The Balaban J connectivity index is 1.70. The first-order chi connectivity index (χ1) is 12.2. The number of carbonyl (C=O) groups excluding carboxylic acids is 1. The van der Waals surface area contributed by atoms with Crippen molar-refractivity contribution in [1.29, 1.82) is 0 Å². The SMILES string of the molecule is CCN(CC)CC(=O)NCC1CC1(c1ccccc1)c1ccccc1. The predicted molar refractivity (Wildman–Crippen MR) is 103 cm³/mol. The van der Waals surface area contributed by atoms with Gasteiger partial charge in [0.15, 0.2) is 0 Å². The van der Waals surface area contributed by atoms with Crippen molar-refractivity contribution in [1.82, 2.24) is 10.2 Å². The van der Waals surface area contributed by atoms with Crippen LogP contribution in [0.1, 0.15) is 31.4 Å². The van der Waals surface area contributed by atoms with E-state index in [-0.39, 0.29) is 11.3 Å². The molecule has 1 fully saturated rings. The van der Waals surface area contributed by atoms with E-state index in [0.29, 0.717) is 12.5 Å². The summed E-state index contributed by atoms with van der Waals surface area (Å²) < 4.78 is 0. The minimum absolute atomic E-state index is 0.0466. The zero-order valence-electron chi connectivity index (χ0n) is 15.2. The number of nitrogens with zero attached hydrogens (tertiary/aromatic N) is 1. The molecule has 0 heterocycles. The highest BCUT2D eigenvalue weighted by molar-refractivity contribution is 5.78. The third kappa shape index (κ3) is 3.77. The van der Waals surface area contributed by atoms with E-state index < -0.39 is 0 Å². The van der Waals surface area contributed by atoms with Gasteiger partial charge in [-0.1, -0.05) is 74.5 Å². The molecule has 2 aromatic carbocycles. The van der Waals surface area contributed by atoms with Crippen LogP contribution in [-0.2, 0) is 10.2 Å². The third-order valence-electron chi connectivity index (χ3n) is 5.49. The highest BCUT2D eigenvalue weighted by Crippen LogP contribution is 2.58. The lowest BCUT2D eigenvalue weighted by atomic mass is 9.86. The molecule has 0 aliphatic heterocycles. The normalized spacial score (nSPS) is 18.1. The fraction of sp³-hybridized carbons (Fsp3) is 0.409. The second kappa shape index (κ2) is 7.83. The zero-order chi connectivity index (χ0) is 17.7. The van der Waals surface area contributed by atoms with Gasteiger partial charge in [0.05, 0.1) is 6.54 Å². The Morgan fingerprint density at radius 1 is 1.00 bits per heavy atom. The molecule has 1 saturated carbocycles. The van der Waals surface area contributed by atoms with Gasteiger partial charge in [-0.05, 0) is 36.6 Å². The van der Waals surface area contributed by atoms with Gasteiger partial charge >= 0.3 is 0 Å². The Hall–Kier alpha value is -2.13. The van der Waals surface area contributed by atoms with E-state index in [4.69, 9.17) is 0 Å². The van der Waals surface area contributed by atoms with Gasteiger partial charge in [-0.2, -0.15) is 0 Å². The molecule has 0 saturated heterocycles. The molecule has 3 heteroatoms. The number of rotatable bonds is 8. The quantitative estimate of drug-likeness (QED) is 0.801. The number of amides is 1. The van der Waals surface area contributed by atoms with E-state index in [0.717, 1.165) is 26.1 Å². The second-order valence-corrected chi connectivity index (χ2v) is 6.87. The summed E-state index contributed by atoms with van der Waals surface area (Å²) in [6.45, 7) is 7.23. The minimum Gasteiger partial charge on any atom is -0.355 e. The summed E-state index contributed by atoms with van der Waals surface area (Å²) in [6.07, 6.45) is 1.09. The Bertz CT molecular complexity index is 640. The van der Waals surface area contributed by atoms with Crippen LogP contribution in [-0.4, -0.2) is 37.0 Å². The lowest BCUT2D eigenvalue weighted by Crippen LogP contribution is -2.38. The van der Waals surface area contributed by atoms with Crippen molar-refractivity contribution < 1.29 is 4.79 Å². The molecule has 3 nitrogen and oxygen atoms in total. The van der Waals surface area contributed by atoms with E-state index in [1.165, 1.54) is 11.1 Å². The molecule has 25 heavy (non-hydrogen) atoms. The Morgan fingerprint density at radius 2 is 1.52 bits per heavy atom. The van der Waals surface area contributed by atoms with Crippen LogP contribution in [0, 0.1) is 5.92 Å². The molecule has 1 amide bonds. The smallest absolute Gasteiger partial charge is 0.234 e. The summed E-state index contributed by atoms with van der Waals surface area (Å²) in [5.41, 5.74) is 2.75. The van der Waals surface area contributed by atoms with Gasteiger partial charge in [-0.15, -0.1) is 0 Å². The lowest BCUT2D eigenvalue weighted by molar-refractivity contribution is -0.122. The summed E-state index contributed by atoms with van der Waals surface area (Å²) >= 11 is 0. The maximum Gasteiger partial charge on any atom is 0.234 e. The summed E-state index contributed by atoms with van der Waals surface area (Å²) in [6, 6.07) is 21.4. The van der Waals surface area contributed by atoms with Crippen molar-refractivity contribution in [3.63, 3.8) is 0 Å². The van der Waals surface area contributed by atoms with E-state index in [2.05, 4.69) is 84.7 Å². The van der Waals surface area contributed by atoms with Gasteiger partial charge in [0.2, 0.25) is 5.91 Å². The molecule has 3 rings (SSSR count). The molecule has 1 aliphatic carbocycles. The van der Waals surface area contributed by atoms with E-state index in [1.807, 2.05) is 0 Å². The molecule has 0 aromatic heterocycles. The van der Waals surface area contributed by atoms with Crippen molar-refractivity contribution in [2.75, 3.05) is 26.2 Å². The van der Waals surface area contributed by atoms with Crippen LogP contribution in [0.3, 0.4) is 0 Å². The van der Waals surface area contributed by atoms with Crippen LogP contribution < -0.4 is 5.32 Å². The number of hydrogen-bond acceptors (Lipinski definition) is 2. The van der Waals surface area contributed by atoms with Crippen LogP contribution in [0.2, 0.25) is 0 Å². The van der Waals surface area contributed by atoms with Gasteiger partial charge in [0.25, 0.3) is 0 Å². The molecule has 1 atom stereocenters. The van der Waals surface area contributed by atoms with Crippen LogP contribution in [0.5, 0.6) is 0 Å². The molecule has 0 spiro atoms. The monoisotopic (exact) mass is 336 g/mol. The van der Waals surface area contributed by atoms with Crippen LogP contribution in [0.25, 0.3) is 0 Å². The number of likely N-dealkylation sites (N-methyl/N-ethyl adjacent to an activating group) is 1. The van der Waals surface area contributed by atoms with Gasteiger partial charge in [-0.25, -0.2) is 0 Å². The number of carbonyl (C=O) groups is 1. The summed E-state index contributed by atoms with van der Waals surface area (Å²) in [4.78, 5) is 14.4. The second-order valence-electron chi connectivity index (χ2n) is 6.87. The molecule has 0 radical (unpaired) electrons. The number of benzene rings is 2. The van der Waals surface area contributed by atoms with E-state index in [9.17, 15) is 4.79 Å². The summed E-state index contributed by atoms with van der Waals surface area (Å²) in [5, 5.41) is 3.16. The standard InChI is InChI=1S/C22H28N2O/c1-3-24(4-2)17-21(25)23-16-20-15-22(20,18-11-7-5-8-12-18)19-13-9-6-10-14-19/h5-14,20H,3-4,15-17H2,1-2H3,(H,23,25). The lowest BCUT2D eigenvalue weighted by Gasteiger charge is -2.20. The Kier molecular flexibility index (Phi) is 5.54. The van der Waals surface area contributed by atoms with Crippen LogP contribution in [0.15, 0.2) is 60.7 Å². The highest BCUT2D eigenvalue weighted by Gasteiger charge is 2.55. The highest BCUT2D eigenvalue weighted by atomic mass is 16.2. The first-order valence-corrected chi connectivity index (χ1v) is 9.30. The van der Waals surface area contributed by atoms with Gasteiger partial charge < -0.3 is 5.32 Å². The van der Waals surface area contributed by atoms with Crippen molar-refractivity contribution in [2.45, 2.75) is 25.7 Å². The number of nitrogens with one attached hydrogen (secondary N) is 1. The summed E-state index contributed by atoms with van der Waals surface area (Å²) in [5.74, 6) is 0.587. The molecule has 1 unspecified atom stereocenters. The number of hydrogen-bond donors (Lipinski definition) is 1. The molecular formula is C22H28N2O. The molecule has 132 valence electrons. The first-order valence-electron chi connectivity index (χ1n) is 9.30. The van der Waals surface area contributed by atoms with Crippen molar-refractivity contribution in [2.24, 2.45) is 5.92 Å². The van der Waals surface area contributed by atoms with Crippen molar-refractivity contribution >= 4 is 5.91 Å². The largest absolute Gasteiger partial charge is 0.355 e. The zero-order valence-corrected chi connectivity index (χ0v) is 15.2. The minimum atomic E-state index is 0.0466. The van der Waals surface area contributed by atoms with Gasteiger partial charge in [0, 0.05) is 12.0 Å². The van der Waals surface area contributed by atoms with E-state index >= 15 is 0 Å². The molecule has 2 aromatic rings. The molecule has 1 N–H and O–H groups in total. The Morgan fingerprint density at radius 3 is 2.00 bits per heavy atom. The molecule has 0 bridgehead atoms. The van der Waals surface area contributed by atoms with Crippen molar-refractivity contribution in [3.8, 4) is 0 Å². The predicted octanol–water partition coefficient (Wildman–Crippen LogP) is 3.45. The fourth-order valence-electron chi connectivity index (χ4n) is 3.86. The third-order valence-corrected chi connectivity index (χ3v) is 5.49. The van der Waals surface area contributed by atoms with E-state index in [1.54, 1.807) is 0 Å². The fourth-order valence-corrected chi connectivity index (χ4v) is 3.86. The van der Waals surface area contributed by atoms with Crippen LogP contribution in [0.4, 0.5) is 0 Å². The van der Waals surface area contributed by atoms with Crippen LogP contribution >= 0.6 is 0 Å². The first kappa shape index (κ1) is 17.7.